The minimum absolute atomic E-state index is 0. The molecular weight excluding hydrogens is 292 g/mol. The number of para-hydroxylation sites is 3. The van der Waals surface area contributed by atoms with Crippen LogP contribution >= 0.6 is 0 Å². The first-order valence-corrected chi connectivity index (χ1v) is 5.57. The molecule has 0 saturated carbocycles. The van der Waals surface area contributed by atoms with E-state index in [4.69, 9.17) is 9.15 Å². The van der Waals surface area contributed by atoms with E-state index >= 15 is 0 Å². The molecule has 0 aliphatic rings. The Hall–Kier alpha value is -1.80. The zero-order chi connectivity index (χ0) is 12.5. The zero-order valence-corrected chi connectivity index (χ0v) is 13.5. The van der Waals surface area contributed by atoms with E-state index in [9.17, 15) is 0 Å². The number of hydrogen-bond donors (Lipinski definition) is 0. The molecule has 3 nitrogen and oxygen atoms in total. The van der Waals surface area contributed by atoms with Crippen LogP contribution in [0.4, 0.5) is 0 Å². The summed E-state index contributed by atoms with van der Waals surface area (Å²) in [6, 6.07) is 15.3. The van der Waals surface area contributed by atoms with Gasteiger partial charge in [0, 0.05) is 7.05 Å². The molecule has 1 aromatic heterocycles. The van der Waals surface area contributed by atoms with Gasteiger partial charge in [-0.2, -0.15) is 7.11 Å². The summed E-state index contributed by atoms with van der Waals surface area (Å²) in [4.78, 5) is 0. The second-order valence-electron chi connectivity index (χ2n) is 3.94. The summed E-state index contributed by atoms with van der Waals surface area (Å²) in [7, 11) is 7.46. The van der Waals surface area contributed by atoms with Gasteiger partial charge in [-0.25, -0.2) is 0 Å². The van der Waals surface area contributed by atoms with Crippen molar-refractivity contribution in [1.29, 1.82) is 0 Å². The largest absolute Gasteiger partial charge is 2.00 e. The van der Waals surface area contributed by atoms with E-state index in [0.717, 1.165) is 16.7 Å². The Balaban J connectivity index is 0.00000133. The Kier molecular flexibility index (Phi) is 3.91. The van der Waals surface area contributed by atoms with Gasteiger partial charge < -0.3 is 9.15 Å². The number of ether oxygens (including phenoxy) is 1. The molecule has 0 fully saturated rings. The van der Waals surface area contributed by atoms with Crippen LogP contribution in [0.25, 0.3) is 22.6 Å². The van der Waals surface area contributed by atoms with E-state index in [1.54, 1.807) is 4.57 Å². The summed E-state index contributed by atoms with van der Waals surface area (Å²) < 4.78 is 12.7. The first kappa shape index (κ1) is 13.6. The van der Waals surface area contributed by atoms with Crippen LogP contribution in [-0.4, -0.2) is 0 Å². The van der Waals surface area contributed by atoms with Crippen molar-refractivity contribution in [2.45, 2.75) is 0 Å². The minimum atomic E-state index is 0. The van der Waals surface area contributed by atoms with Crippen LogP contribution in [0, 0.1) is 14.2 Å². The zero-order valence-electron chi connectivity index (χ0n) is 10.5. The quantitative estimate of drug-likeness (QED) is 0.413. The molecule has 0 saturated heterocycles. The van der Waals surface area contributed by atoms with Crippen LogP contribution in [-0.2, 0) is 19.5 Å². The van der Waals surface area contributed by atoms with E-state index in [0.29, 0.717) is 11.6 Å². The number of nitrogens with zero attached hydrogens (tertiary/aromatic N) is 1. The van der Waals surface area contributed by atoms with E-state index < -0.39 is 0 Å². The minimum Gasteiger partial charge on any atom is -0.666 e. The van der Waals surface area contributed by atoms with Crippen LogP contribution in [0.5, 0.6) is 5.75 Å². The molecular formula is C15H12NO2Zn+. The number of hydrogen-bond acceptors (Lipinski definition) is 2. The normalized spacial score (nSPS) is 10.2. The molecule has 3 rings (SSSR count). The van der Waals surface area contributed by atoms with Crippen molar-refractivity contribution in [3.63, 3.8) is 0 Å². The number of aromatic nitrogens is 1. The molecule has 0 spiro atoms. The number of oxazole rings is 1. The van der Waals surface area contributed by atoms with Crippen LogP contribution in [0.15, 0.2) is 52.9 Å². The SMILES string of the molecule is [CH2-]Oc1ccccc1-c1oc2ccccc2[n+]1[CH2-].[Zn+2]. The van der Waals surface area contributed by atoms with Crippen molar-refractivity contribution < 1.29 is 33.2 Å². The summed E-state index contributed by atoms with van der Waals surface area (Å²) in [5.74, 6) is 1.31. The van der Waals surface area contributed by atoms with Crippen LogP contribution in [0.3, 0.4) is 0 Å². The van der Waals surface area contributed by atoms with Crippen molar-refractivity contribution in [3.05, 3.63) is 62.7 Å². The molecule has 4 heteroatoms. The molecule has 0 radical (unpaired) electrons. The maximum absolute atomic E-state index is 5.82. The Morgan fingerprint density at radius 1 is 1.00 bits per heavy atom. The molecule has 2 aromatic carbocycles. The fraction of sp³-hybridized carbons (Fsp3) is 0. The van der Waals surface area contributed by atoms with Gasteiger partial charge in [-0.05, 0) is 18.2 Å². The summed E-state index contributed by atoms with van der Waals surface area (Å²) in [5.41, 5.74) is 2.56. The molecule has 0 N–H and O–H groups in total. The average molecular weight is 304 g/mol. The second-order valence-corrected chi connectivity index (χ2v) is 3.94. The summed E-state index contributed by atoms with van der Waals surface area (Å²) >= 11 is 0. The summed E-state index contributed by atoms with van der Waals surface area (Å²) in [6.45, 7) is 0. The molecule has 0 atom stereocenters. The van der Waals surface area contributed by atoms with Crippen molar-refractivity contribution in [2.75, 3.05) is 0 Å². The Labute approximate surface area is 124 Å². The van der Waals surface area contributed by atoms with Gasteiger partial charge >= 0.3 is 19.5 Å². The smallest absolute Gasteiger partial charge is 0.666 e. The molecule has 0 aliphatic carbocycles. The third-order valence-electron chi connectivity index (χ3n) is 2.88. The molecule has 0 amide bonds. The van der Waals surface area contributed by atoms with Gasteiger partial charge in [0.15, 0.2) is 0 Å². The van der Waals surface area contributed by atoms with Crippen LogP contribution in [0.2, 0.25) is 0 Å². The topological polar surface area (TPSA) is 26.2 Å². The third kappa shape index (κ3) is 2.24. The molecule has 0 unspecified atom stereocenters. The monoisotopic (exact) mass is 302 g/mol. The Bertz CT molecular complexity index is 706. The molecule has 1 heterocycles. The fourth-order valence-corrected chi connectivity index (χ4v) is 2.00. The number of benzene rings is 2. The van der Waals surface area contributed by atoms with Gasteiger partial charge in [0.1, 0.15) is 11.1 Å². The van der Waals surface area contributed by atoms with Crippen molar-refractivity contribution in [1.82, 2.24) is 0 Å². The number of rotatable bonds is 2. The average Bonchev–Trinajstić information content (AvgIpc) is 2.76. The number of fused-ring (bicyclic) bond motifs is 1. The van der Waals surface area contributed by atoms with Crippen molar-refractivity contribution >= 4 is 11.1 Å². The maximum Gasteiger partial charge on any atom is 2.00 e. The molecule has 0 aliphatic heterocycles. The van der Waals surface area contributed by atoms with Crippen LogP contribution in [0.1, 0.15) is 0 Å². The second kappa shape index (κ2) is 5.45. The van der Waals surface area contributed by atoms with Crippen molar-refractivity contribution in [3.8, 4) is 17.2 Å². The summed E-state index contributed by atoms with van der Waals surface area (Å²) in [6.07, 6.45) is 0. The molecule has 90 valence electrons. The van der Waals surface area contributed by atoms with Gasteiger partial charge in [0.05, 0.1) is 11.3 Å². The van der Waals surface area contributed by atoms with E-state index in [1.807, 2.05) is 48.5 Å². The molecule has 3 aromatic rings. The van der Waals surface area contributed by atoms with Gasteiger partial charge in [0.2, 0.25) is 0 Å². The molecule has 0 bridgehead atoms. The van der Waals surface area contributed by atoms with Crippen molar-refractivity contribution in [2.24, 2.45) is 0 Å². The maximum atomic E-state index is 5.82. The predicted molar refractivity (Wildman–Crippen MR) is 68.6 cm³/mol. The van der Waals surface area contributed by atoms with Crippen LogP contribution < -0.4 is 9.30 Å². The first-order chi connectivity index (χ1) is 8.81. The van der Waals surface area contributed by atoms with Gasteiger partial charge in [0.25, 0.3) is 5.89 Å². The van der Waals surface area contributed by atoms with Gasteiger partial charge in [-0.1, -0.05) is 30.3 Å². The van der Waals surface area contributed by atoms with E-state index in [1.165, 1.54) is 0 Å². The fourth-order valence-electron chi connectivity index (χ4n) is 2.00. The van der Waals surface area contributed by atoms with E-state index in [-0.39, 0.29) is 19.5 Å². The first-order valence-electron chi connectivity index (χ1n) is 5.57. The summed E-state index contributed by atoms with van der Waals surface area (Å²) in [5, 5.41) is 0. The Morgan fingerprint density at radius 2 is 1.68 bits per heavy atom. The van der Waals surface area contributed by atoms with Gasteiger partial charge in [-0.15, -0.1) is 0 Å². The van der Waals surface area contributed by atoms with E-state index in [2.05, 4.69) is 14.2 Å². The van der Waals surface area contributed by atoms with Gasteiger partial charge in [-0.3, -0.25) is 4.57 Å². The Morgan fingerprint density at radius 3 is 2.42 bits per heavy atom. The predicted octanol–water partition coefficient (Wildman–Crippen LogP) is 3.19. The third-order valence-corrected chi connectivity index (χ3v) is 2.88. The molecule has 19 heavy (non-hydrogen) atoms. The standard InChI is InChI=1S/C15H12NO2.Zn/c1-16-12-8-4-6-10-14(12)18-15(16)11-7-3-5-9-13(11)17-2;/h3-10H,1-2H2;/q-1;+2.